The first-order valence-electron chi connectivity index (χ1n) is 10.0. The lowest BCUT2D eigenvalue weighted by atomic mass is 9.47. The Hall–Kier alpha value is -1.54. The SMILES string of the molecule is CC(=O)O[C@]1(C)[C@H](O)[C@@H](C)[C@@]2(O)[C@@H](C=C(CO)C[C@]3(O)C(=O)C(C)=C[C@@H]23)C1(C)C. The van der Waals surface area contributed by atoms with E-state index in [9.17, 15) is 30.0 Å². The average Bonchev–Trinajstić information content (AvgIpc) is 2.79. The molecule has 7 atom stereocenters. The fraction of sp³-hybridized carbons (Fsp3) is 0.727. The highest BCUT2D eigenvalue weighted by Crippen LogP contribution is 2.62. The van der Waals surface area contributed by atoms with Crippen LogP contribution in [0.25, 0.3) is 0 Å². The van der Waals surface area contributed by atoms with Crippen LogP contribution in [-0.4, -0.2) is 61.7 Å². The lowest BCUT2D eigenvalue weighted by Crippen LogP contribution is -2.74. The molecule has 1 fully saturated rings. The van der Waals surface area contributed by atoms with Crippen LogP contribution in [0.4, 0.5) is 0 Å². The molecule has 3 rings (SSSR count). The average molecular weight is 408 g/mol. The Kier molecular flexibility index (Phi) is 4.95. The molecule has 7 nitrogen and oxygen atoms in total. The molecular formula is C22H32O7. The third kappa shape index (κ3) is 2.64. The smallest absolute Gasteiger partial charge is 0.303 e. The lowest BCUT2D eigenvalue weighted by Gasteiger charge is -2.63. The maximum absolute atomic E-state index is 12.8. The molecule has 1 saturated carbocycles. The van der Waals surface area contributed by atoms with Crippen LogP contribution < -0.4 is 0 Å². The van der Waals surface area contributed by atoms with Gasteiger partial charge in [-0.3, -0.25) is 9.59 Å². The monoisotopic (exact) mass is 408 g/mol. The molecule has 0 spiro atoms. The molecule has 4 N–H and O–H groups in total. The summed E-state index contributed by atoms with van der Waals surface area (Å²) in [6.45, 7) is 9.31. The number of fused-ring (bicyclic) bond motifs is 3. The maximum atomic E-state index is 12.8. The second kappa shape index (κ2) is 6.48. The minimum absolute atomic E-state index is 0.108. The number of Topliss-reactive ketones (excluding diaryl/α,β-unsaturated/α-hetero) is 1. The molecule has 0 heterocycles. The Balaban J connectivity index is 2.30. The molecule has 162 valence electrons. The van der Waals surface area contributed by atoms with Gasteiger partial charge in [-0.25, -0.2) is 0 Å². The summed E-state index contributed by atoms with van der Waals surface area (Å²) in [7, 11) is 0. The van der Waals surface area contributed by atoms with Gasteiger partial charge in [-0.2, -0.15) is 0 Å². The molecule has 0 bridgehead atoms. The highest BCUT2D eigenvalue weighted by Gasteiger charge is 2.72. The first-order chi connectivity index (χ1) is 13.2. The molecule has 0 saturated heterocycles. The van der Waals surface area contributed by atoms with Crippen LogP contribution in [0.2, 0.25) is 0 Å². The summed E-state index contributed by atoms with van der Waals surface area (Å²) >= 11 is 0. The Labute approximate surface area is 171 Å². The van der Waals surface area contributed by atoms with Crippen molar-refractivity contribution in [1.29, 1.82) is 0 Å². The van der Waals surface area contributed by atoms with E-state index >= 15 is 0 Å². The van der Waals surface area contributed by atoms with Gasteiger partial charge in [-0.15, -0.1) is 0 Å². The van der Waals surface area contributed by atoms with Crippen LogP contribution in [0.15, 0.2) is 23.3 Å². The van der Waals surface area contributed by atoms with Gasteiger partial charge in [0.2, 0.25) is 0 Å². The third-order valence-corrected chi connectivity index (χ3v) is 7.96. The highest BCUT2D eigenvalue weighted by atomic mass is 16.6. The van der Waals surface area contributed by atoms with E-state index in [1.54, 1.807) is 46.8 Å². The molecule has 29 heavy (non-hydrogen) atoms. The predicted octanol–water partition coefficient (Wildman–Crippen LogP) is 0.891. The number of ketones is 1. The van der Waals surface area contributed by atoms with Crippen molar-refractivity contribution in [3.05, 3.63) is 23.3 Å². The van der Waals surface area contributed by atoms with Crippen molar-refractivity contribution in [3.8, 4) is 0 Å². The lowest BCUT2D eigenvalue weighted by molar-refractivity contribution is -0.285. The van der Waals surface area contributed by atoms with Gasteiger partial charge in [0, 0.05) is 36.5 Å². The molecule has 0 radical (unpaired) electrons. The van der Waals surface area contributed by atoms with E-state index in [4.69, 9.17) is 4.74 Å². The zero-order valence-electron chi connectivity index (χ0n) is 17.9. The van der Waals surface area contributed by atoms with Crippen LogP contribution in [0.3, 0.4) is 0 Å². The van der Waals surface area contributed by atoms with Gasteiger partial charge in [0.15, 0.2) is 5.78 Å². The second-order valence-corrected chi connectivity index (χ2v) is 9.76. The van der Waals surface area contributed by atoms with Gasteiger partial charge >= 0.3 is 5.97 Å². The van der Waals surface area contributed by atoms with Gasteiger partial charge < -0.3 is 25.2 Å². The normalized spacial score (nSPS) is 46.2. The zero-order valence-corrected chi connectivity index (χ0v) is 17.9. The number of aliphatic hydroxyl groups is 4. The molecular weight excluding hydrogens is 376 g/mol. The fourth-order valence-electron chi connectivity index (χ4n) is 5.99. The minimum Gasteiger partial charge on any atom is -0.456 e. The number of hydrogen-bond acceptors (Lipinski definition) is 7. The van der Waals surface area contributed by atoms with Gasteiger partial charge in [0.1, 0.15) is 11.2 Å². The van der Waals surface area contributed by atoms with Crippen molar-refractivity contribution < 1.29 is 34.8 Å². The molecule has 0 amide bonds. The van der Waals surface area contributed by atoms with Gasteiger partial charge in [-0.05, 0) is 25.0 Å². The molecule has 3 aliphatic carbocycles. The van der Waals surface area contributed by atoms with Crippen molar-refractivity contribution in [2.24, 2.45) is 23.2 Å². The number of esters is 1. The first-order valence-corrected chi connectivity index (χ1v) is 10.0. The van der Waals surface area contributed by atoms with E-state index in [0.29, 0.717) is 11.1 Å². The largest absolute Gasteiger partial charge is 0.456 e. The van der Waals surface area contributed by atoms with Crippen LogP contribution in [0.1, 0.15) is 48.0 Å². The van der Waals surface area contributed by atoms with E-state index in [-0.39, 0.29) is 13.0 Å². The van der Waals surface area contributed by atoms with Crippen molar-refractivity contribution in [2.45, 2.75) is 70.9 Å². The Morgan fingerprint density at radius 1 is 1.21 bits per heavy atom. The summed E-state index contributed by atoms with van der Waals surface area (Å²) in [6.07, 6.45) is 1.91. The van der Waals surface area contributed by atoms with Crippen molar-refractivity contribution in [1.82, 2.24) is 0 Å². The molecule has 0 aromatic rings. The molecule has 0 aromatic carbocycles. The second-order valence-electron chi connectivity index (χ2n) is 9.76. The third-order valence-electron chi connectivity index (χ3n) is 7.96. The van der Waals surface area contributed by atoms with Crippen molar-refractivity contribution in [2.75, 3.05) is 6.61 Å². The van der Waals surface area contributed by atoms with E-state index in [1.165, 1.54) is 6.92 Å². The summed E-state index contributed by atoms with van der Waals surface area (Å²) in [5, 5.41) is 44.7. The van der Waals surface area contributed by atoms with Crippen molar-refractivity contribution in [3.63, 3.8) is 0 Å². The Morgan fingerprint density at radius 3 is 2.31 bits per heavy atom. The summed E-state index contributed by atoms with van der Waals surface area (Å²) in [4.78, 5) is 24.7. The summed E-state index contributed by atoms with van der Waals surface area (Å²) in [6, 6.07) is 0. The number of ether oxygens (including phenoxy) is 1. The number of carbonyl (C=O) groups excluding carboxylic acids is 2. The number of carbonyl (C=O) groups is 2. The first kappa shape index (κ1) is 22.2. The van der Waals surface area contributed by atoms with Crippen molar-refractivity contribution >= 4 is 11.8 Å². The standard InChI is InChI=1S/C22H32O7/c1-11-7-16-21(27,17(11)25)9-14(10-23)8-15-19(4,5)20(6,29-13(3)24)18(26)12(2)22(15,16)28/h7-8,12,15-16,18,23,26-28H,9-10H2,1-6H3/t12-,15+,16-,18-,20-,21-,22-/m1/s1. The summed E-state index contributed by atoms with van der Waals surface area (Å²) in [5.74, 6) is -3.57. The van der Waals surface area contributed by atoms with Gasteiger partial charge in [-0.1, -0.05) is 32.9 Å². The van der Waals surface area contributed by atoms with E-state index in [1.807, 2.05) is 0 Å². The molecule has 7 heteroatoms. The number of hydrogen-bond donors (Lipinski definition) is 4. The van der Waals surface area contributed by atoms with Crippen LogP contribution in [0.5, 0.6) is 0 Å². The molecule has 0 unspecified atom stereocenters. The molecule has 0 aliphatic heterocycles. The maximum Gasteiger partial charge on any atom is 0.303 e. The fourth-order valence-corrected chi connectivity index (χ4v) is 5.99. The van der Waals surface area contributed by atoms with E-state index in [0.717, 1.165) is 0 Å². The summed E-state index contributed by atoms with van der Waals surface area (Å²) < 4.78 is 5.62. The number of aliphatic hydroxyl groups excluding tert-OH is 2. The topological polar surface area (TPSA) is 124 Å². The number of rotatable bonds is 2. The molecule has 3 aliphatic rings. The Morgan fingerprint density at radius 2 is 1.79 bits per heavy atom. The predicted molar refractivity (Wildman–Crippen MR) is 105 cm³/mol. The van der Waals surface area contributed by atoms with E-state index < -0.39 is 57.8 Å². The summed E-state index contributed by atoms with van der Waals surface area (Å²) in [5.41, 5.74) is -5.16. The van der Waals surface area contributed by atoms with Gasteiger partial charge in [0.25, 0.3) is 0 Å². The highest BCUT2D eigenvalue weighted by molar-refractivity contribution is 6.04. The van der Waals surface area contributed by atoms with Crippen LogP contribution in [0, 0.1) is 23.2 Å². The van der Waals surface area contributed by atoms with Crippen LogP contribution >= 0.6 is 0 Å². The quantitative estimate of drug-likeness (QED) is 0.395. The van der Waals surface area contributed by atoms with E-state index in [2.05, 4.69) is 0 Å². The van der Waals surface area contributed by atoms with Gasteiger partial charge in [0.05, 0.1) is 18.3 Å². The molecule has 0 aromatic heterocycles. The van der Waals surface area contributed by atoms with Crippen LogP contribution in [-0.2, 0) is 14.3 Å². The Bertz CT molecular complexity index is 812. The minimum atomic E-state index is -1.90. The zero-order chi connectivity index (χ0) is 22.2.